The molecule has 0 radical (unpaired) electrons. The Morgan fingerprint density at radius 1 is 0.938 bits per heavy atom. The molecule has 0 saturated heterocycles. The summed E-state index contributed by atoms with van der Waals surface area (Å²) in [6.07, 6.45) is 4.64. The van der Waals surface area contributed by atoms with Crippen LogP contribution in [-0.4, -0.2) is 15.3 Å². The quantitative estimate of drug-likeness (QED) is 0.638. The molecule has 3 rings (SSSR count). The van der Waals surface area contributed by atoms with Gasteiger partial charge in [0.2, 0.25) is 0 Å². The Morgan fingerprint density at radius 3 is 1.69 bits per heavy atom. The molecule has 88 valence electrons. The van der Waals surface area contributed by atoms with E-state index in [2.05, 4.69) is 0 Å². The lowest BCUT2D eigenvalue weighted by Crippen LogP contribution is -2.34. The smallest absolute Gasteiger partial charge is 0.182 e. The van der Waals surface area contributed by atoms with E-state index in [0.717, 1.165) is 0 Å². The molecule has 2 aliphatic carbocycles. The number of fused-ring (bicyclic) bond motifs is 1. The molecule has 2 fully saturated rings. The number of rotatable bonds is 1. The molecule has 0 aromatic heterocycles. The average molecular weight is 222 g/mol. The molecule has 0 amide bonds. The van der Waals surface area contributed by atoms with E-state index in [1.807, 2.05) is 0 Å². The predicted octanol–water partition coefficient (Wildman–Crippen LogP) is 2.18. The van der Waals surface area contributed by atoms with Crippen LogP contribution in [0.5, 0.6) is 5.75 Å². The van der Waals surface area contributed by atoms with Crippen molar-refractivity contribution in [1.29, 1.82) is 0 Å². The van der Waals surface area contributed by atoms with Gasteiger partial charge in [0.1, 0.15) is 5.75 Å². The van der Waals surface area contributed by atoms with E-state index >= 15 is 0 Å². The molecule has 2 saturated carbocycles. The Balaban J connectivity index is 0.000000134. The lowest BCUT2D eigenvalue weighted by atomic mass is 9.60. The molecule has 0 aliphatic heterocycles. The molecule has 0 unspecified atom stereocenters. The topological polar surface area (TPSA) is 60.7 Å². The fourth-order valence-corrected chi connectivity index (χ4v) is 2.27. The van der Waals surface area contributed by atoms with Crippen molar-refractivity contribution in [3.63, 3.8) is 0 Å². The molecule has 0 heterocycles. The highest BCUT2D eigenvalue weighted by Crippen LogP contribution is 2.49. The SMILES string of the molecule is C1CC2CCC12.Oc1ccccc1C(O)O. The maximum absolute atomic E-state index is 8.96. The van der Waals surface area contributed by atoms with Gasteiger partial charge >= 0.3 is 0 Å². The summed E-state index contributed by atoms with van der Waals surface area (Å²) in [7, 11) is 0. The van der Waals surface area contributed by atoms with Crippen molar-refractivity contribution in [2.45, 2.75) is 32.0 Å². The van der Waals surface area contributed by atoms with Gasteiger partial charge in [-0.3, -0.25) is 0 Å². The molecule has 3 N–H and O–H groups in total. The van der Waals surface area contributed by atoms with Crippen molar-refractivity contribution >= 4 is 0 Å². The van der Waals surface area contributed by atoms with E-state index in [9.17, 15) is 0 Å². The van der Waals surface area contributed by atoms with E-state index in [-0.39, 0.29) is 11.3 Å². The van der Waals surface area contributed by atoms with Crippen LogP contribution in [0, 0.1) is 11.8 Å². The van der Waals surface area contributed by atoms with Gasteiger partial charge in [0.25, 0.3) is 0 Å². The third kappa shape index (κ3) is 2.36. The number of hydrogen-bond donors (Lipinski definition) is 3. The zero-order valence-corrected chi connectivity index (χ0v) is 9.21. The number of hydrogen-bond acceptors (Lipinski definition) is 3. The maximum atomic E-state index is 8.96. The second kappa shape index (κ2) is 4.85. The van der Waals surface area contributed by atoms with Crippen LogP contribution in [0.2, 0.25) is 0 Å². The van der Waals surface area contributed by atoms with Crippen LogP contribution in [0.1, 0.15) is 37.5 Å². The minimum absolute atomic E-state index is 0.0995. The largest absolute Gasteiger partial charge is 0.507 e. The third-order valence-electron chi connectivity index (χ3n) is 3.70. The fourth-order valence-electron chi connectivity index (χ4n) is 2.27. The number of aliphatic hydroxyl groups is 2. The molecule has 16 heavy (non-hydrogen) atoms. The second-order valence-electron chi connectivity index (χ2n) is 4.61. The molecule has 3 heteroatoms. The van der Waals surface area contributed by atoms with Crippen molar-refractivity contribution in [1.82, 2.24) is 0 Å². The number of phenolic OH excluding ortho intramolecular Hbond substituents is 1. The molecule has 1 aromatic carbocycles. The van der Waals surface area contributed by atoms with E-state index in [1.54, 1.807) is 37.8 Å². The van der Waals surface area contributed by atoms with Crippen molar-refractivity contribution < 1.29 is 15.3 Å². The monoisotopic (exact) mass is 222 g/mol. The molecular weight excluding hydrogens is 204 g/mol. The molecule has 3 nitrogen and oxygen atoms in total. The lowest BCUT2D eigenvalue weighted by Gasteiger charge is -2.46. The van der Waals surface area contributed by atoms with Gasteiger partial charge in [-0.2, -0.15) is 0 Å². The van der Waals surface area contributed by atoms with Gasteiger partial charge in [0.15, 0.2) is 6.29 Å². The van der Waals surface area contributed by atoms with Crippen LogP contribution in [-0.2, 0) is 0 Å². The maximum Gasteiger partial charge on any atom is 0.182 e. The van der Waals surface area contributed by atoms with E-state index in [4.69, 9.17) is 15.3 Å². The van der Waals surface area contributed by atoms with Gasteiger partial charge in [-0.05, 0) is 43.6 Å². The predicted molar refractivity (Wildman–Crippen MR) is 60.7 cm³/mol. The Labute approximate surface area is 95.4 Å². The van der Waals surface area contributed by atoms with E-state index < -0.39 is 6.29 Å². The van der Waals surface area contributed by atoms with Crippen molar-refractivity contribution in [2.75, 3.05) is 0 Å². The molecule has 1 aromatic rings. The summed E-state index contributed by atoms with van der Waals surface area (Å²) in [5.41, 5.74) is 0.127. The average Bonchev–Trinajstić information content (AvgIpc) is 2.24. The second-order valence-corrected chi connectivity index (χ2v) is 4.61. The first kappa shape index (κ1) is 11.4. The normalized spacial score (nSPS) is 25.9. The molecular formula is C13H18O3. The lowest BCUT2D eigenvalue weighted by molar-refractivity contribution is -0.0438. The van der Waals surface area contributed by atoms with Crippen molar-refractivity contribution in [3.8, 4) is 5.75 Å². The Kier molecular flexibility index (Phi) is 3.46. The fraction of sp³-hybridized carbons (Fsp3) is 0.538. The van der Waals surface area contributed by atoms with Gasteiger partial charge in [-0.25, -0.2) is 0 Å². The summed E-state index contributed by atoms with van der Waals surface area (Å²) in [6.45, 7) is 0. The van der Waals surface area contributed by atoms with Gasteiger partial charge in [-0.15, -0.1) is 0 Å². The first-order chi connectivity index (χ1) is 7.68. The summed E-state index contributed by atoms with van der Waals surface area (Å²) >= 11 is 0. The summed E-state index contributed by atoms with van der Waals surface area (Å²) < 4.78 is 0. The number of benzene rings is 1. The van der Waals surface area contributed by atoms with Crippen LogP contribution in [0.3, 0.4) is 0 Å². The molecule has 0 bridgehead atoms. The van der Waals surface area contributed by atoms with Gasteiger partial charge in [-0.1, -0.05) is 18.2 Å². The van der Waals surface area contributed by atoms with Crippen molar-refractivity contribution in [3.05, 3.63) is 29.8 Å². The highest BCUT2D eigenvalue weighted by molar-refractivity contribution is 5.32. The van der Waals surface area contributed by atoms with Crippen LogP contribution >= 0.6 is 0 Å². The van der Waals surface area contributed by atoms with E-state index in [1.165, 1.54) is 24.0 Å². The van der Waals surface area contributed by atoms with Crippen LogP contribution in [0.15, 0.2) is 24.3 Å². The number of aliphatic hydroxyl groups excluding tert-OH is 1. The Bertz CT molecular complexity index is 331. The van der Waals surface area contributed by atoms with Gasteiger partial charge < -0.3 is 15.3 Å². The summed E-state index contributed by atoms with van der Waals surface area (Å²) in [5.74, 6) is 2.33. The third-order valence-corrected chi connectivity index (χ3v) is 3.70. The Morgan fingerprint density at radius 2 is 1.44 bits per heavy atom. The molecule has 2 aliphatic rings. The van der Waals surface area contributed by atoms with Crippen LogP contribution in [0.4, 0.5) is 0 Å². The number of phenols is 1. The zero-order chi connectivity index (χ0) is 11.5. The molecule has 0 atom stereocenters. The highest BCUT2D eigenvalue weighted by Gasteiger charge is 2.37. The summed E-state index contributed by atoms with van der Waals surface area (Å²) in [4.78, 5) is 0. The minimum atomic E-state index is -1.60. The standard InChI is InChI=1S/C7H8O3.C6H10/c8-6-4-2-1-3-5(6)7(9)10;1-2-6-4-3-5(1)6/h1-4,7-10H;5-6H,1-4H2. The Hall–Kier alpha value is -1.06. The minimum Gasteiger partial charge on any atom is -0.507 e. The highest BCUT2D eigenvalue weighted by atomic mass is 16.5. The summed E-state index contributed by atoms with van der Waals surface area (Å²) in [6, 6.07) is 6.07. The van der Waals surface area contributed by atoms with Gasteiger partial charge in [0.05, 0.1) is 0 Å². The number of aromatic hydroxyl groups is 1. The number of para-hydroxylation sites is 1. The van der Waals surface area contributed by atoms with Crippen LogP contribution in [0.25, 0.3) is 0 Å². The first-order valence-corrected chi connectivity index (χ1v) is 5.82. The van der Waals surface area contributed by atoms with Crippen LogP contribution < -0.4 is 0 Å². The first-order valence-electron chi connectivity index (χ1n) is 5.82. The van der Waals surface area contributed by atoms with Crippen molar-refractivity contribution in [2.24, 2.45) is 11.8 Å². The van der Waals surface area contributed by atoms with Gasteiger partial charge in [0, 0.05) is 5.56 Å². The summed E-state index contributed by atoms with van der Waals surface area (Å²) in [5, 5.41) is 26.2. The zero-order valence-electron chi connectivity index (χ0n) is 9.21. The van der Waals surface area contributed by atoms with E-state index in [0.29, 0.717) is 0 Å². The molecule has 0 spiro atoms.